The molecule has 0 saturated carbocycles. The molecule has 1 unspecified atom stereocenters. The van der Waals surface area contributed by atoms with Gasteiger partial charge in [0.15, 0.2) is 0 Å². The van der Waals surface area contributed by atoms with Crippen LogP contribution in [-0.4, -0.2) is 12.1 Å². The van der Waals surface area contributed by atoms with E-state index in [0.717, 1.165) is 17.8 Å². The summed E-state index contributed by atoms with van der Waals surface area (Å²) in [6.45, 7) is 8.62. The fourth-order valence-corrected chi connectivity index (χ4v) is 3.50. The third kappa shape index (κ3) is 2.39. The normalized spacial score (nSPS) is 23.5. The second-order valence-corrected chi connectivity index (χ2v) is 7.23. The average molecular weight is 254 g/mol. The lowest BCUT2D eigenvalue weighted by atomic mass is 9.77. The maximum atomic E-state index is 6.25. The highest BCUT2D eigenvalue weighted by Gasteiger charge is 2.35. The molecule has 1 aliphatic carbocycles. The van der Waals surface area contributed by atoms with Crippen molar-refractivity contribution in [1.29, 1.82) is 0 Å². The lowest BCUT2D eigenvalue weighted by Crippen LogP contribution is -2.28. The Labute approximate surface area is 107 Å². The molecule has 0 aromatic carbocycles. The molecule has 1 aromatic rings. The monoisotopic (exact) mass is 254 g/mol. The summed E-state index contributed by atoms with van der Waals surface area (Å²) in [6.07, 6.45) is 2.06. The number of methoxy groups -OCH3 is 1. The number of aromatic nitrogens is 1. The van der Waals surface area contributed by atoms with Crippen LogP contribution < -0.4 is 5.73 Å². The van der Waals surface area contributed by atoms with E-state index in [2.05, 4.69) is 13.8 Å². The highest BCUT2D eigenvalue weighted by atomic mass is 32.1. The van der Waals surface area contributed by atoms with E-state index in [1.165, 1.54) is 10.6 Å². The second kappa shape index (κ2) is 4.04. The van der Waals surface area contributed by atoms with Crippen LogP contribution in [0.5, 0.6) is 0 Å². The molecule has 4 heteroatoms. The van der Waals surface area contributed by atoms with E-state index in [4.69, 9.17) is 15.5 Å². The van der Waals surface area contributed by atoms with Gasteiger partial charge in [0, 0.05) is 18.0 Å². The molecule has 0 saturated heterocycles. The molecule has 0 amide bonds. The Balaban J connectivity index is 2.40. The fraction of sp³-hybridized carbons (Fsp3) is 0.769. The Bertz CT molecular complexity index is 423. The van der Waals surface area contributed by atoms with Gasteiger partial charge in [-0.25, -0.2) is 4.98 Å². The first-order valence-corrected chi connectivity index (χ1v) is 6.88. The van der Waals surface area contributed by atoms with Crippen LogP contribution in [0.4, 0.5) is 0 Å². The fourth-order valence-electron chi connectivity index (χ4n) is 2.34. The molecule has 1 heterocycles. The summed E-state index contributed by atoms with van der Waals surface area (Å²) in [7, 11) is 1.73. The second-order valence-electron chi connectivity index (χ2n) is 6.20. The van der Waals surface area contributed by atoms with E-state index < -0.39 is 0 Å². The maximum absolute atomic E-state index is 6.25. The van der Waals surface area contributed by atoms with Crippen LogP contribution in [0.15, 0.2) is 0 Å². The molecule has 1 atom stereocenters. The largest absolute Gasteiger partial charge is 0.372 e. The summed E-state index contributed by atoms with van der Waals surface area (Å²) in [5.41, 5.74) is 7.37. The number of ether oxygens (including phenoxy) is 1. The van der Waals surface area contributed by atoms with Crippen molar-refractivity contribution in [3.63, 3.8) is 0 Å². The molecule has 2 rings (SSSR count). The Morgan fingerprint density at radius 1 is 1.47 bits per heavy atom. The number of fused-ring (bicyclic) bond motifs is 1. The minimum atomic E-state index is -0.314. The van der Waals surface area contributed by atoms with Crippen LogP contribution in [-0.2, 0) is 16.8 Å². The molecule has 0 aliphatic heterocycles. The zero-order valence-electron chi connectivity index (χ0n) is 11.3. The molecular weight excluding hydrogens is 232 g/mol. The van der Waals surface area contributed by atoms with Crippen molar-refractivity contribution in [3.8, 4) is 0 Å². The summed E-state index contributed by atoms with van der Waals surface area (Å²) < 4.78 is 5.50. The van der Waals surface area contributed by atoms with E-state index in [9.17, 15) is 0 Å². The van der Waals surface area contributed by atoms with Gasteiger partial charge in [-0.3, -0.25) is 0 Å². The number of nitrogens with zero attached hydrogens (tertiary/aromatic N) is 1. The van der Waals surface area contributed by atoms with Crippen LogP contribution in [0, 0.1) is 5.41 Å². The smallest absolute Gasteiger partial charge is 0.125 e. The van der Waals surface area contributed by atoms with Gasteiger partial charge in [-0.15, -0.1) is 11.3 Å². The van der Waals surface area contributed by atoms with Gasteiger partial charge in [0.25, 0.3) is 0 Å². The van der Waals surface area contributed by atoms with Crippen LogP contribution in [0.2, 0.25) is 0 Å². The number of nitrogens with two attached hydrogens (primary N) is 1. The molecule has 3 nitrogen and oxygen atoms in total. The number of hydrogen-bond acceptors (Lipinski definition) is 4. The average Bonchev–Trinajstić information content (AvgIpc) is 2.60. The summed E-state index contributed by atoms with van der Waals surface area (Å²) in [4.78, 5) is 6.01. The molecule has 17 heavy (non-hydrogen) atoms. The third-order valence-electron chi connectivity index (χ3n) is 3.51. The van der Waals surface area contributed by atoms with Gasteiger partial charge in [-0.2, -0.15) is 0 Å². The first kappa shape index (κ1) is 13.0. The minimum absolute atomic E-state index is 0.132. The van der Waals surface area contributed by atoms with Gasteiger partial charge in [0.2, 0.25) is 0 Å². The Kier molecular flexibility index (Phi) is 3.09. The first-order chi connectivity index (χ1) is 7.75. The number of hydrogen-bond donors (Lipinski definition) is 1. The maximum Gasteiger partial charge on any atom is 0.125 e. The van der Waals surface area contributed by atoms with E-state index in [0.29, 0.717) is 0 Å². The van der Waals surface area contributed by atoms with Gasteiger partial charge in [-0.1, -0.05) is 13.8 Å². The van der Waals surface area contributed by atoms with Crippen LogP contribution >= 0.6 is 11.3 Å². The third-order valence-corrected chi connectivity index (χ3v) is 5.04. The summed E-state index contributed by atoms with van der Waals surface area (Å²) in [6, 6.07) is 0.132. The zero-order chi connectivity index (χ0) is 12.8. The molecule has 0 bridgehead atoms. The standard InChI is InChI=1S/C13H22N2OS/c1-12(2)6-8(14)10-9(7-12)15-11(17-10)13(3,4)16-5/h8H,6-7,14H2,1-5H3. The molecule has 1 aliphatic rings. The highest BCUT2D eigenvalue weighted by Crippen LogP contribution is 2.43. The summed E-state index contributed by atoms with van der Waals surface area (Å²) in [5, 5.41) is 1.04. The van der Waals surface area contributed by atoms with Crippen molar-refractivity contribution in [3.05, 3.63) is 15.6 Å². The van der Waals surface area contributed by atoms with Crippen molar-refractivity contribution >= 4 is 11.3 Å². The van der Waals surface area contributed by atoms with Gasteiger partial charge >= 0.3 is 0 Å². The SMILES string of the molecule is COC(C)(C)c1nc2c(s1)C(N)CC(C)(C)C2. The predicted octanol–water partition coefficient (Wildman–Crippen LogP) is 3.00. The molecule has 96 valence electrons. The molecule has 0 radical (unpaired) electrons. The van der Waals surface area contributed by atoms with Gasteiger partial charge in [0.05, 0.1) is 5.69 Å². The number of thiazole rings is 1. The summed E-state index contributed by atoms with van der Waals surface area (Å²) in [5.74, 6) is 0. The van der Waals surface area contributed by atoms with Crippen molar-refractivity contribution < 1.29 is 4.74 Å². The molecule has 1 aromatic heterocycles. The van der Waals surface area contributed by atoms with Crippen molar-refractivity contribution in [2.75, 3.05) is 7.11 Å². The van der Waals surface area contributed by atoms with E-state index >= 15 is 0 Å². The molecule has 0 spiro atoms. The summed E-state index contributed by atoms with van der Waals surface area (Å²) >= 11 is 1.71. The first-order valence-electron chi connectivity index (χ1n) is 6.06. The van der Waals surface area contributed by atoms with Crippen LogP contribution in [0.1, 0.15) is 55.7 Å². The Hall–Kier alpha value is -0.450. The minimum Gasteiger partial charge on any atom is -0.372 e. The Morgan fingerprint density at radius 3 is 2.71 bits per heavy atom. The van der Waals surface area contributed by atoms with Gasteiger partial charge in [-0.05, 0) is 32.1 Å². The van der Waals surface area contributed by atoms with Crippen molar-refractivity contribution in [2.45, 2.75) is 52.2 Å². The van der Waals surface area contributed by atoms with E-state index in [-0.39, 0.29) is 17.1 Å². The highest BCUT2D eigenvalue weighted by molar-refractivity contribution is 7.12. The lowest BCUT2D eigenvalue weighted by molar-refractivity contribution is 0.0188. The number of rotatable bonds is 2. The van der Waals surface area contributed by atoms with Crippen molar-refractivity contribution in [2.24, 2.45) is 11.1 Å². The quantitative estimate of drug-likeness (QED) is 0.882. The van der Waals surface area contributed by atoms with Crippen LogP contribution in [0.25, 0.3) is 0 Å². The van der Waals surface area contributed by atoms with Gasteiger partial charge < -0.3 is 10.5 Å². The van der Waals surface area contributed by atoms with Crippen LogP contribution in [0.3, 0.4) is 0 Å². The zero-order valence-corrected chi connectivity index (χ0v) is 12.1. The topological polar surface area (TPSA) is 48.1 Å². The van der Waals surface area contributed by atoms with E-state index in [1.54, 1.807) is 18.4 Å². The predicted molar refractivity (Wildman–Crippen MR) is 71.2 cm³/mol. The molecular formula is C13H22N2OS. The Morgan fingerprint density at radius 2 is 2.12 bits per heavy atom. The lowest BCUT2D eigenvalue weighted by Gasteiger charge is -2.32. The van der Waals surface area contributed by atoms with Crippen molar-refractivity contribution in [1.82, 2.24) is 4.98 Å². The molecule has 0 fully saturated rings. The molecule has 2 N–H and O–H groups in total. The van der Waals surface area contributed by atoms with Gasteiger partial charge in [0.1, 0.15) is 10.6 Å². The van der Waals surface area contributed by atoms with E-state index in [1.807, 2.05) is 13.8 Å².